The molecule has 86 valence electrons. The Morgan fingerprint density at radius 3 is 2.88 bits per heavy atom. The Balaban J connectivity index is 2.47. The van der Waals surface area contributed by atoms with Crippen molar-refractivity contribution in [1.82, 2.24) is 4.57 Å². The van der Waals surface area contributed by atoms with E-state index in [9.17, 15) is 4.79 Å². The number of rotatable bonds is 3. The number of aromatic carboxylic acids is 1. The van der Waals surface area contributed by atoms with Crippen LogP contribution in [0.2, 0.25) is 0 Å². The Morgan fingerprint density at radius 2 is 2.18 bits per heavy atom. The van der Waals surface area contributed by atoms with Gasteiger partial charge in [0.2, 0.25) is 0 Å². The molecule has 17 heavy (non-hydrogen) atoms. The second-order valence-electron chi connectivity index (χ2n) is 3.74. The molecule has 3 heteroatoms. The average Bonchev–Trinajstić information content (AvgIpc) is 2.69. The van der Waals surface area contributed by atoms with Gasteiger partial charge in [0.15, 0.2) is 0 Å². The lowest BCUT2D eigenvalue weighted by molar-refractivity contribution is 0.0699. The van der Waals surface area contributed by atoms with Gasteiger partial charge in [-0.05, 0) is 13.0 Å². The molecule has 2 rings (SSSR count). The normalized spacial score (nSPS) is 9.94. The van der Waals surface area contributed by atoms with Crippen molar-refractivity contribution in [3.63, 3.8) is 0 Å². The number of carbonyl (C=O) groups is 1. The van der Waals surface area contributed by atoms with E-state index in [2.05, 4.69) is 11.8 Å². The van der Waals surface area contributed by atoms with Crippen molar-refractivity contribution in [3.8, 4) is 11.8 Å². The number of aryl methyl sites for hydroxylation is 1. The minimum absolute atomic E-state index is 0.352. The molecule has 3 nitrogen and oxygen atoms in total. The zero-order chi connectivity index (χ0) is 12.3. The highest BCUT2D eigenvalue weighted by atomic mass is 16.4. The van der Waals surface area contributed by atoms with Crippen LogP contribution in [0.3, 0.4) is 0 Å². The summed E-state index contributed by atoms with van der Waals surface area (Å²) in [6.07, 6.45) is 2.42. The molecule has 0 aliphatic rings. The lowest BCUT2D eigenvalue weighted by Gasteiger charge is -2.00. The number of carboxylic acids is 1. The van der Waals surface area contributed by atoms with Gasteiger partial charge in [-0.25, -0.2) is 4.79 Å². The molecular weight excluding hydrogens is 214 g/mol. The van der Waals surface area contributed by atoms with E-state index in [1.807, 2.05) is 28.8 Å². The van der Waals surface area contributed by atoms with E-state index in [1.54, 1.807) is 13.1 Å². The third-order valence-electron chi connectivity index (χ3n) is 2.67. The largest absolute Gasteiger partial charge is 0.478 e. The van der Waals surface area contributed by atoms with Crippen molar-refractivity contribution in [3.05, 3.63) is 36.0 Å². The van der Waals surface area contributed by atoms with E-state index in [4.69, 9.17) is 5.11 Å². The number of hydrogen-bond acceptors (Lipinski definition) is 1. The summed E-state index contributed by atoms with van der Waals surface area (Å²) >= 11 is 0. The van der Waals surface area contributed by atoms with Crippen molar-refractivity contribution in [2.24, 2.45) is 0 Å². The van der Waals surface area contributed by atoms with E-state index in [1.165, 1.54) is 0 Å². The molecule has 0 spiro atoms. The van der Waals surface area contributed by atoms with E-state index < -0.39 is 5.97 Å². The third kappa shape index (κ3) is 2.16. The minimum atomic E-state index is -0.887. The fraction of sp³-hybridized carbons (Fsp3) is 0.214. The van der Waals surface area contributed by atoms with Gasteiger partial charge in [-0.1, -0.05) is 18.2 Å². The van der Waals surface area contributed by atoms with Crippen LogP contribution in [0, 0.1) is 11.8 Å². The highest BCUT2D eigenvalue weighted by Crippen LogP contribution is 2.21. The Hall–Kier alpha value is -2.21. The number of para-hydroxylation sites is 1. The summed E-state index contributed by atoms with van der Waals surface area (Å²) in [5, 5.41) is 9.91. The van der Waals surface area contributed by atoms with Crippen LogP contribution in [0.1, 0.15) is 23.7 Å². The van der Waals surface area contributed by atoms with Crippen LogP contribution < -0.4 is 0 Å². The number of aromatic nitrogens is 1. The number of carboxylic acid groups (broad SMARTS) is 1. The maximum Gasteiger partial charge on any atom is 0.337 e. The summed E-state index contributed by atoms with van der Waals surface area (Å²) in [7, 11) is 0. The Morgan fingerprint density at radius 1 is 1.41 bits per heavy atom. The van der Waals surface area contributed by atoms with Gasteiger partial charge < -0.3 is 9.67 Å². The molecule has 1 aromatic heterocycles. The fourth-order valence-corrected chi connectivity index (χ4v) is 1.90. The third-order valence-corrected chi connectivity index (χ3v) is 2.67. The Labute approximate surface area is 99.7 Å². The lowest BCUT2D eigenvalue weighted by Crippen LogP contribution is -1.96. The molecule has 0 aliphatic heterocycles. The summed E-state index contributed by atoms with van der Waals surface area (Å²) < 4.78 is 1.95. The maximum atomic E-state index is 11.1. The molecule has 1 aromatic carbocycles. The summed E-state index contributed by atoms with van der Waals surface area (Å²) in [5.74, 6) is 4.93. The SMILES string of the molecule is CC#CCCn1cc(C(=O)O)c2ccccc21. The van der Waals surface area contributed by atoms with E-state index in [0.29, 0.717) is 12.1 Å². The van der Waals surface area contributed by atoms with Gasteiger partial charge in [-0.2, -0.15) is 0 Å². The standard InChI is InChI=1S/C14H13NO2/c1-2-3-6-9-15-10-12(14(16)17)11-7-4-5-8-13(11)15/h4-5,7-8,10H,6,9H2,1H3,(H,16,17). The number of fused-ring (bicyclic) bond motifs is 1. The predicted octanol–water partition coefficient (Wildman–Crippen LogP) is 2.75. The zero-order valence-electron chi connectivity index (χ0n) is 9.60. The van der Waals surface area contributed by atoms with Crippen molar-refractivity contribution in [1.29, 1.82) is 0 Å². The maximum absolute atomic E-state index is 11.1. The van der Waals surface area contributed by atoms with Gasteiger partial charge in [-0.3, -0.25) is 0 Å². The smallest absolute Gasteiger partial charge is 0.337 e. The van der Waals surface area contributed by atoms with Crippen LogP contribution in [0.25, 0.3) is 10.9 Å². The second kappa shape index (κ2) is 4.75. The van der Waals surface area contributed by atoms with Gasteiger partial charge in [0.25, 0.3) is 0 Å². The molecule has 0 aliphatic carbocycles. The van der Waals surface area contributed by atoms with E-state index in [0.717, 1.165) is 17.3 Å². The highest BCUT2D eigenvalue weighted by molar-refractivity contribution is 6.03. The Kier molecular flexibility index (Phi) is 3.15. The van der Waals surface area contributed by atoms with Crippen molar-refractivity contribution in [2.45, 2.75) is 19.9 Å². The molecular formula is C14H13NO2. The van der Waals surface area contributed by atoms with Crippen LogP contribution >= 0.6 is 0 Å². The van der Waals surface area contributed by atoms with Crippen molar-refractivity contribution < 1.29 is 9.90 Å². The fourth-order valence-electron chi connectivity index (χ4n) is 1.90. The molecule has 0 saturated carbocycles. The molecule has 0 bridgehead atoms. The predicted molar refractivity (Wildman–Crippen MR) is 67.0 cm³/mol. The molecule has 0 saturated heterocycles. The molecule has 0 atom stereocenters. The summed E-state index contributed by atoms with van der Waals surface area (Å²) in [6.45, 7) is 2.52. The topological polar surface area (TPSA) is 42.2 Å². The molecule has 1 N–H and O–H groups in total. The summed E-state index contributed by atoms with van der Waals surface area (Å²) in [5.41, 5.74) is 1.30. The number of hydrogen-bond donors (Lipinski definition) is 1. The summed E-state index contributed by atoms with van der Waals surface area (Å²) in [6, 6.07) is 7.53. The van der Waals surface area contributed by atoms with E-state index in [-0.39, 0.29) is 0 Å². The number of nitrogens with zero attached hydrogens (tertiary/aromatic N) is 1. The molecule has 0 amide bonds. The van der Waals surface area contributed by atoms with Crippen LogP contribution in [0.15, 0.2) is 30.5 Å². The Bertz CT molecular complexity index is 614. The van der Waals surface area contributed by atoms with Crippen molar-refractivity contribution >= 4 is 16.9 Å². The monoisotopic (exact) mass is 227 g/mol. The first-order valence-electron chi connectivity index (χ1n) is 5.45. The summed E-state index contributed by atoms with van der Waals surface area (Å²) in [4.78, 5) is 11.1. The van der Waals surface area contributed by atoms with Gasteiger partial charge in [0.1, 0.15) is 0 Å². The average molecular weight is 227 g/mol. The minimum Gasteiger partial charge on any atom is -0.478 e. The van der Waals surface area contributed by atoms with Crippen molar-refractivity contribution in [2.75, 3.05) is 0 Å². The molecule has 0 unspecified atom stereocenters. The molecule has 2 aromatic rings. The lowest BCUT2D eigenvalue weighted by atomic mass is 10.2. The van der Waals surface area contributed by atoms with Gasteiger partial charge >= 0.3 is 5.97 Å². The van der Waals surface area contributed by atoms with Crippen LogP contribution in [0.5, 0.6) is 0 Å². The van der Waals surface area contributed by atoms with Crippen LogP contribution in [0.4, 0.5) is 0 Å². The van der Waals surface area contributed by atoms with Gasteiger partial charge in [0.05, 0.1) is 5.56 Å². The van der Waals surface area contributed by atoms with Crippen LogP contribution in [-0.2, 0) is 6.54 Å². The molecule has 0 radical (unpaired) electrons. The molecule has 1 heterocycles. The molecule has 0 fully saturated rings. The first-order valence-corrected chi connectivity index (χ1v) is 5.45. The second-order valence-corrected chi connectivity index (χ2v) is 3.74. The number of benzene rings is 1. The highest BCUT2D eigenvalue weighted by Gasteiger charge is 2.12. The van der Waals surface area contributed by atoms with Crippen LogP contribution in [-0.4, -0.2) is 15.6 Å². The van der Waals surface area contributed by atoms with Gasteiger partial charge in [-0.15, -0.1) is 11.8 Å². The first kappa shape index (κ1) is 11.3. The quantitative estimate of drug-likeness (QED) is 0.819. The zero-order valence-corrected chi connectivity index (χ0v) is 9.60. The van der Waals surface area contributed by atoms with Gasteiger partial charge in [0, 0.05) is 30.1 Å². The van der Waals surface area contributed by atoms with E-state index >= 15 is 0 Å². The first-order chi connectivity index (χ1) is 8.24.